The number of carbonyl (C=O) groups is 1. The number of halogens is 2. The van der Waals surface area contributed by atoms with Crippen molar-refractivity contribution in [2.75, 3.05) is 6.61 Å². The molecule has 3 nitrogen and oxygen atoms in total. The van der Waals surface area contributed by atoms with Gasteiger partial charge in [-0.3, -0.25) is 0 Å². The highest BCUT2D eigenvalue weighted by Crippen LogP contribution is 2.29. The van der Waals surface area contributed by atoms with Gasteiger partial charge in [0.25, 0.3) is 0 Å². The van der Waals surface area contributed by atoms with Gasteiger partial charge in [-0.1, -0.05) is 35.7 Å². The van der Waals surface area contributed by atoms with Crippen LogP contribution in [0.1, 0.15) is 36.5 Å². The second-order valence-electron chi connectivity index (χ2n) is 5.04. The summed E-state index contributed by atoms with van der Waals surface area (Å²) in [6.45, 7) is 2.85. The van der Waals surface area contributed by atoms with Gasteiger partial charge in [-0.2, -0.15) is 0 Å². The van der Waals surface area contributed by atoms with E-state index in [0.29, 0.717) is 17.9 Å². The van der Waals surface area contributed by atoms with Gasteiger partial charge in [-0.15, -0.1) is 0 Å². The lowest BCUT2D eigenvalue weighted by Crippen LogP contribution is -2.08. The van der Waals surface area contributed by atoms with Crippen LogP contribution in [-0.4, -0.2) is 12.6 Å². The summed E-state index contributed by atoms with van der Waals surface area (Å²) in [4.78, 5) is 12.2. The van der Waals surface area contributed by atoms with E-state index >= 15 is 0 Å². The number of carbonyl (C=O) groups excluding carboxylic acids is 1. The van der Waals surface area contributed by atoms with Crippen LogP contribution in [0.3, 0.4) is 0 Å². The maximum Gasteiger partial charge on any atom is 0.343 e. The zero-order valence-electron chi connectivity index (χ0n) is 12.9. The predicted molar refractivity (Wildman–Crippen MR) is 98.3 cm³/mol. The summed E-state index contributed by atoms with van der Waals surface area (Å²) in [7, 11) is 0. The summed E-state index contributed by atoms with van der Waals surface area (Å²) in [5.41, 5.74) is 0.487. The first kappa shape index (κ1) is 18.0. The first-order valence-electron chi connectivity index (χ1n) is 7.50. The summed E-state index contributed by atoms with van der Waals surface area (Å²) in [5.74, 6) is 0.853. The molecule has 0 aliphatic heterocycles. The molecule has 5 heteroatoms. The molecule has 0 amide bonds. The molecule has 0 saturated heterocycles. The third-order valence-corrected chi connectivity index (χ3v) is 4.32. The molecule has 2 aromatic rings. The van der Waals surface area contributed by atoms with E-state index in [4.69, 9.17) is 9.47 Å². The fraction of sp³-hybridized carbons (Fsp3) is 0.278. The maximum atomic E-state index is 12.2. The van der Waals surface area contributed by atoms with Gasteiger partial charge in [0.2, 0.25) is 0 Å². The largest absolute Gasteiger partial charge is 0.494 e. The molecule has 122 valence electrons. The van der Waals surface area contributed by atoms with Crippen molar-refractivity contribution in [1.82, 2.24) is 0 Å². The highest BCUT2D eigenvalue weighted by Gasteiger charge is 2.11. The molecule has 0 unspecified atom stereocenters. The van der Waals surface area contributed by atoms with Gasteiger partial charge in [0.15, 0.2) is 0 Å². The van der Waals surface area contributed by atoms with E-state index in [0.717, 1.165) is 27.5 Å². The summed E-state index contributed by atoms with van der Waals surface area (Å²) in [6, 6.07) is 12.4. The Balaban J connectivity index is 1.94. The number of ether oxygens (including phenoxy) is 2. The zero-order valence-corrected chi connectivity index (χ0v) is 16.0. The van der Waals surface area contributed by atoms with Crippen LogP contribution in [0.25, 0.3) is 0 Å². The minimum absolute atomic E-state index is 0.398. The molecule has 0 aliphatic rings. The van der Waals surface area contributed by atoms with Gasteiger partial charge in [0.1, 0.15) is 11.5 Å². The van der Waals surface area contributed by atoms with Crippen molar-refractivity contribution in [2.45, 2.75) is 26.2 Å². The molecule has 0 N–H and O–H groups in total. The molecular formula is C18H18Br2O3. The first-order chi connectivity index (χ1) is 11.1. The molecular weight excluding hydrogens is 424 g/mol. The highest BCUT2D eigenvalue weighted by atomic mass is 79.9. The van der Waals surface area contributed by atoms with Crippen molar-refractivity contribution in [3.63, 3.8) is 0 Å². The van der Waals surface area contributed by atoms with Crippen molar-refractivity contribution in [2.24, 2.45) is 0 Å². The average Bonchev–Trinajstić information content (AvgIpc) is 2.55. The Hall–Kier alpha value is -1.33. The topological polar surface area (TPSA) is 35.5 Å². The number of rotatable bonds is 7. The maximum absolute atomic E-state index is 12.2. The molecule has 23 heavy (non-hydrogen) atoms. The number of hydrogen-bond acceptors (Lipinski definition) is 3. The summed E-state index contributed by atoms with van der Waals surface area (Å²) in [6.07, 6.45) is 3.37. The number of unbranched alkanes of at least 4 members (excludes halogenated alkanes) is 2. The molecule has 2 aromatic carbocycles. The summed E-state index contributed by atoms with van der Waals surface area (Å²) in [5, 5.41) is 0. The molecule has 0 aliphatic carbocycles. The predicted octanol–water partition coefficient (Wildman–Crippen LogP) is 6.00. The van der Waals surface area contributed by atoms with Crippen LogP contribution < -0.4 is 9.47 Å². The molecule has 0 fully saturated rings. The van der Waals surface area contributed by atoms with Gasteiger partial charge >= 0.3 is 5.97 Å². The van der Waals surface area contributed by atoms with E-state index in [1.165, 1.54) is 6.42 Å². The first-order valence-corrected chi connectivity index (χ1v) is 9.09. The van der Waals surface area contributed by atoms with Crippen molar-refractivity contribution < 1.29 is 14.3 Å². The van der Waals surface area contributed by atoms with Crippen molar-refractivity contribution in [3.05, 3.63) is 57.0 Å². The second kappa shape index (κ2) is 9.08. The molecule has 0 atom stereocenters. The fourth-order valence-electron chi connectivity index (χ4n) is 1.95. The fourth-order valence-corrected chi connectivity index (χ4v) is 3.07. The summed E-state index contributed by atoms with van der Waals surface area (Å²) < 4.78 is 12.6. The average molecular weight is 442 g/mol. The van der Waals surface area contributed by atoms with Gasteiger partial charge in [0.05, 0.1) is 16.6 Å². The van der Waals surface area contributed by atoms with Crippen LogP contribution >= 0.6 is 31.9 Å². The van der Waals surface area contributed by atoms with E-state index in [2.05, 4.69) is 38.8 Å². The lowest BCUT2D eigenvalue weighted by atomic mass is 10.2. The molecule has 0 aromatic heterocycles. The third kappa shape index (κ3) is 5.66. The van der Waals surface area contributed by atoms with Crippen molar-refractivity contribution in [3.8, 4) is 11.5 Å². The van der Waals surface area contributed by atoms with Crippen LogP contribution in [0.5, 0.6) is 11.5 Å². The van der Waals surface area contributed by atoms with Gasteiger partial charge in [-0.05, 0) is 64.8 Å². The van der Waals surface area contributed by atoms with Crippen molar-refractivity contribution in [1.29, 1.82) is 0 Å². The Morgan fingerprint density at radius 2 is 1.78 bits per heavy atom. The Labute approximate surface area is 153 Å². The Morgan fingerprint density at radius 1 is 1.04 bits per heavy atom. The number of hydrogen-bond donors (Lipinski definition) is 0. The lowest BCUT2D eigenvalue weighted by molar-refractivity contribution is 0.0733. The molecule has 0 bridgehead atoms. The molecule has 0 spiro atoms. The van der Waals surface area contributed by atoms with Crippen LogP contribution in [0.2, 0.25) is 0 Å². The van der Waals surface area contributed by atoms with Gasteiger partial charge in [-0.25, -0.2) is 4.79 Å². The summed E-state index contributed by atoms with van der Waals surface area (Å²) >= 11 is 6.73. The van der Waals surface area contributed by atoms with Gasteiger partial charge in [0, 0.05) is 4.47 Å². The lowest BCUT2D eigenvalue weighted by Gasteiger charge is -2.08. The SMILES string of the molecule is CCCCCOc1ccc(C(=O)Oc2ccc(Br)cc2Br)cc1. The normalized spacial score (nSPS) is 10.4. The van der Waals surface area contributed by atoms with Crippen LogP contribution in [-0.2, 0) is 0 Å². The zero-order chi connectivity index (χ0) is 16.7. The molecule has 2 rings (SSSR count). The number of esters is 1. The second-order valence-corrected chi connectivity index (χ2v) is 6.81. The standard InChI is InChI=1S/C18H18Br2O3/c1-2-3-4-11-22-15-8-5-13(6-9-15)18(21)23-17-10-7-14(19)12-16(17)20/h5-10,12H,2-4,11H2,1H3. The molecule has 0 radical (unpaired) electrons. The van der Waals surface area contributed by atoms with Crippen molar-refractivity contribution >= 4 is 37.8 Å². The smallest absolute Gasteiger partial charge is 0.343 e. The van der Waals surface area contributed by atoms with E-state index in [1.807, 2.05) is 12.1 Å². The minimum atomic E-state index is -0.398. The van der Waals surface area contributed by atoms with Crippen LogP contribution in [0.15, 0.2) is 51.4 Å². The molecule has 0 saturated carbocycles. The van der Waals surface area contributed by atoms with Crippen LogP contribution in [0.4, 0.5) is 0 Å². The Kier molecular flexibility index (Phi) is 7.12. The third-order valence-electron chi connectivity index (χ3n) is 3.20. The minimum Gasteiger partial charge on any atom is -0.494 e. The van der Waals surface area contributed by atoms with E-state index in [-0.39, 0.29) is 0 Å². The number of benzene rings is 2. The van der Waals surface area contributed by atoms with E-state index in [1.54, 1.807) is 30.3 Å². The van der Waals surface area contributed by atoms with Crippen LogP contribution in [0, 0.1) is 0 Å². The quantitative estimate of drug-likeness (QED) is 0.300. The Morgan fingerprint density at radius 3 is 2.43 bits per heavy atom. The van der Waals surface area contributed by atoms with Gasteiger partial charge < -0.3 is 9.47 Å². The monoisotopic (exact) mass is 440 g/mol. The molecule has 0 heterocycles. The Bertz CT molecular complexity index is 654. The highest BCUT2D eigenvalue weighted by molar-refractivity contribution is 9.11. The van der Waals surface area contributed by atoms with E-state index in [9.17, 15) is 4.79 Å². The van der Waals surface area contributed by atoms with E-state index < -0.39 is 5.97 Å².